The van der Waals surface area contributed by atoms with E-state index in [0.29, 0.717) is 0 Å². The van der Waals surface area contributed by atoms with Crippen LogP contribution in [-0.4, -0.2) is 31.1 Å². The second-order valence-electron chi connectivity index (χ2n) is 7.98. The molecule has 1 heterocycles. The maximum atomic E-state index is 6.40. The molecule has 5 heteroatoms. The Morgan fingerprint density at radius 1 is 1.00 bits per heavy atom. The molecule has 3 rings (SSSR count). The van der Waals surface area contributed by atoms with Gasteiger partial charge in [-0.25, -0.2) is 4.99 Å². The minimum Gasteiger partial charge on any atom is -0.364 e. The lowest BCUT2D eigenvalue weighted by Crippen LogP contribution is -2.47. The third kappa shape index (κ3) is 4.31. The molecule has 2 aromatic rings. The van der Waals surface area contributed by atoms with E-state index >= 15 is 0 Å². The van der Waals surface area contributed by atoms with Gasteiger partial charge in [0.05, 0.1) is 0 Å². The molecule has 0 aliphatic carbocycles. The maximum Gasteiger partial charge on any atom is 0.181 e. The van der Waals surface area contributed by atoms with E-state index in [1.165, 1.54) is 5.56 Å². The van der Waals surface area contributed by atoms with Gasteiger partial charge >= 0.3 is 0 Å². The Bertz CT molecular complexity index is 829. The highest BCUT2D eigenvalue weighted by molar-refractivity contribution is 6.05. The number of rotatable bonds is 3. The SMILES string of the molecule is CN(C)C1=CC(Nc2ccc(C(C)(C)C)cc2)=NC(N)N1c1ccccc1. The van der Waals surface area contributed by atoms with Crippen LogP contribution in [0.25, 0.3) is 0 Å². The van der Waals surface area contributed by atoms with Gasteiger partial charge in [-0.15, -0.1) is 0 Å². The molecule has 0 aromatic heterocycles. The van der Waals surface area contributed by atoms with Crippen molar-refractivity contribution in [1.82, 2.24) is 4.90 Å². The number of nitrogens with one attached hydrogen (secondary N) is 1. The van der Waals surface area contributed by atoms with Gasteiger partial charge in [-0.05, 0) is 35.2 Å². The highest BCUT2D eigenvalue weighted by Crippen LogP contribution is 2.26. The Labute approximate surface area is 162 Å². The molecule has 0 saturated carbocycles. The largest absolute Gasteiger partial charge is 0.364 e. The van der Waals surface area contributed by atoms with Crippen LogP contribution in [0.4, 0.5) is 11.4 Å². The lowest BCUT2D eigenvalue weighted by atomic mass is 9.87. The lowest BCUT2D eigenvalue weighted by molar-refractivity contribution is 0.463. The first-order valence-corrected chi connectivity index (χ1v) is 9.20. The number of amidine groups is 1. The molecule has 2 aromatic carbocycles. The number of nitrogens with zero attached hydrogens (tertiary/aromatic N) is 3. The summed E-state index contributed by atoms with van der Waals surface area (Å²) in [6.07, 6.45) is 1.53. The number of hydrogen-bond acceptors (Lipinski definition) is 5. The molecule has 0 spiro atoms. The second kappa shape index (κ2) is 7.45. The molecule has 1 aliphatic rings. The smallest absolute Gasteiger partial charge is 0.181 e. The van der Waals surface area contributed by atoms with Crippen LogP contribution < -0.4 is 16.0 Å². The standard InChI is InChI=1S/C22H29N5/c1-22(2,3)16-11-13-17(14-12-16)24-19-15-20(26(4)5)27(21(23)25-19)18-9-7-6-8-10-18/h6-15,21H,23H2,1-5H3,(H,24,25). The Morgan fingerprint density at radius 3 is 2.19 bits per heavy atom. The fraction of sp³-hybridized carbons (Fsp3) is 0.318. The monoisotopic (exact) mass is 363 g/mol. The molecular formula is C22H29N5. The summed E-state index contributed by atoms with van der Waals surface area (Å²) < 4.78 is 0. The van der Waals surface area contributed by atoms with Crippen molar-refractivity contribution in [2.75, 3.05) is 24.3 Å². The highest BCUT2D eigenvalue weighted by atomic mass is 15.4. The second-order valence-corrected chi connectivity index (χ2v) is 7.98. The van der Waals surface area contributed by atoms with Gasteiger partial charge in [0.25, 0.3) is 0 Å². The van der Waals surface area contributed by atoms with Crippen molar-refractivity contribution < 1.29 is 0 Å². The van der Waals surface area contributed by atoms with Gasteiger partial charge in [-0.2, -0.15) is 0 Å². The predicted molar refractivity (Wildman–Crippen MR) is 115 cm³/mol. The zero-order chi connectivity index (χ0) is 19.6. The molecule has 0 bridgehead atoms. The quantitative estimate of drug-likeness (QED) is 0.867. The van der Waals surface area contributed by atoms with Crippen LogP contribution in [0.1, 0.15) is 26.3 Å². The van der Waals surface area contributed by atoms with Crippen molar-refractivity contribution in [2.45, 2.75) is 32.5 Å². The van der Waals surface area contributed by atoms with Gasteiger partial charge in [0.2, 0.25) is 0 Å². The number of aliphatic imine (C=N–C) groups is 1. The number of para-hydroxylation sites is 1. The molecular weight excluding hydrogens is 334 g/mol. The summed E-state index contributed by atoms with van der Waals surface area (Å²) in [5, 5.41) is 3.39. The van der Waals surface area contributed by atoms with Crippen LogP contribution in [0.15, 0.2) is 71.5 Å². The average Bonchev–Trinajstić information content (AvgIpc) is 2.61. The first kappa shape index (κ1) is 19.0. The van der Waals surface area contributed by atoms with Gasteiger partial charge < -0.3 is 10.2 Å². The number of nitrogens with two attached hydrogens (primary N) is 1. The van der Waals surface area contributed by atoms with Crippen molar-refractivity contribution in [2.24, 2.45) is 10.7 Å². The van der Waals surface area contributed by atoms with Gasteiger partial charge in [0.15, 0.2) is 6.29 Å². The molecule has 3 N–H and O–H groups in total. The van der Waals surface area contributed by atoms with Crippen LogP contribution in [0.2, 0.25) is 0 Å². The van der Waals surface area contributed by atoms with Crippen LogP contribution in [0.3, 0.4) is 0 Å². The van der Waals surface area contributed by atoms with E-state index in [4.69, 9.17) is 5.73 Å². The molecule has 5 nitrogen and oxygen atoms in total. The Kier molecular flexibility index (Phi) is 5.24. The van der Waals surface area contributed by atoms with E-state index in [-0.39, 0.29) is 5.41 Å². The lowest BCUT2D eigenvalue weighted by Gasteiger charge is -2.37. The van der Waals surface area contributed by atoms with E-state index in [0.717, 1.165) is 23.0 Å². The summed E-state index contributed by atoms with van der Waals surface area (Å²) in [5.41, 5.74) is 9.85. The molecule has 0 amide bonds. The van der Waals surface area contributed by atoms with E-state index in [1.54, 1.807) is 0 Å². The summed E-state index contributed by atoms with van der Waals surface area (Å²) in [4.78, 5) is 8.71. The van der Waals surface area contributed by atoms with Crippen molar-refractivity contribution in [1.29, 1.82) is 0 Å². The van der Waals surface area contributed by atoms with Crippen molar-refractivity contribution >= 4 is 17.2 Å². The summed E-state index contributed by atoms with van der Waals surface area (Å²) in [6, 6.07) is 18.6. The predicted octanol–water partition coefficient (Wildman–Crippen LogP) is 3.96. The van der Waals surface area contributed by atoms with Gasteiger partial charge in [0.1, 0.15) is 11.7 Å². The minimum absolute atomic E-state index is 0.136. The fourth-order valence-electron chi connectivity index (χ4n) is 3.05. The van der Waals surface area contributed by atoms with Crippen molar-refractivity contribution in [3.8, 4) is 0 Å². The van der Waals surface area contributed by atoms with E-state index < -0.39 is 6.29 Å². The van der Waals surface area contributed by atoms with Gasteiger partial charge in [0, 0.05) is 31.5 Å². The topological polar surface area (TPSA) is 56.9 Å². The summed E-state index contributed by atoms with van der Waals surface area (Å²) in [5.74, 6) is 1.74. The van der Waals surface area contributed by atoms with Gasteiger partial charge in [-0.3, -0.25) is 10.6 Å². The van der Waals surface area contributed by atoms with E-state index in [9.17, 15) is 0 Å². The molecule has 1 atom stereocenters. The Balaban J connectivity index is 1.85. The minimum atomic E-state index is -0.494. The molecule has 27 heavy (non-hydrogen) atoms. The zero-order valence-electron chi connectivity index (χ0n) is 16.8. The number of hydrogen-bond donors (Lipinski definition) is 2. The summed E-state index contributed by atoms with van der Waals surface area (Å²) in [6.45, 7) is 6.64. The zero-order valence-corrected chi connectivity index (χ0v) is 16.8. The Morgan fingerprint density at radius 2 is 1.63 bits per heavy atom. The fourth-order valence-corrected chi connectivity index (χ4v) is 3.05. The molecule has 1 aliphatic heterocycles. The molecule has 0 saturated heterocycles. The Hall–Kier alpha value is -2.79. The highest BCUT2D eigenvalue weighted by Gasteiger charge is 2.25. The van der Waals surface area contributed by atoms with Crippen LogP contribution in [0, 0.1) is 0 Å². The van der Waals surface area contributed by atoms with Crippen LogP contribution >= 0.6 is 0 Å². The first-order chi connectivity index (χ1) is 12.8. The van der Waals surface area contributed by atoms with Crippen molar-refractivity contribution in [3.05, 3.63) is 72.1 Å². The molecule has 1 unspecified atom stereocenters. The summed E-state index contributed by atoms with van der Waals surface area (Å²) >= 11 is 0. The van der Waals surface area contributed by atoms with E-state index in [1.807, 2.05) is 60.3 Å². The third-order valence-electron chi connectivity index (χ3n) is 4.56. The van der Waals surface area contributed by atoms with Crippen LogP contribution in [0.5, 0.6) is 0 Å². The summed E-state index contributed by atoms with van der Waals surface area (Å²) in [7, 11) is 4.02. The molecule has 0 fully saturated rings. The van der Waals surface area contributed by atoms with Crippen molar-refractivity contribution in [3.63, 3.8) is 0 Å². The number of benzene rings is 2. The first-order valence-electron chi connectivity index (χ1n) is 9.20. The molecule has 142 valence electrons. The number of anilines is 2. The normalized spacial score (nSPS) is 17.3. The maximum absolute atomic E-state index is 6.40. The van der Waals surface area contributed by atoms with Crippen LogP contribution in [-0.2, 0) is 5.41 Å². The third-order valence-corrected chi connectivity index (χ3v) is 4.56. The van der Waals surface area contributed by atoms with E-state index in [2.05, 4.69) is 55.3 Å². The molecule has 0 radical (unpaired) electrons. The van der Waals surface area contributed by atoms with Gasteiger partial charge in [-0.1, -0.05) is 51.1 Å². The average molecular weight is 364 g/mol.